The molecule has 1 aliphatic heterocycles. The molecule has 1 aliphatic rings. The number of primary sulfonamides is 1. The van der Waals surface area contributed by atoms with Gasteiger partial charge in [-0.3, -0.25) is 4.79 Å². The molecule has 0 bridgehead atoms. The van der Waals surface area contributed by atoms with Crippen LogP contribution in [0.4, 0.5) is 5.69 Å². The minimum Gasteiger partial charge on any atom is -0.409 e. The molecule has 0 unspecified atom stereocenters. The third-order valence-corrected chi connectivity index (χ3v) is 7.24. The largest absolute Gasteiger partial charge is 0.409 e. The van der Waals surface area contributed by atoms with Gasteiger partial charge in [-0.05, 0) is 60.9 Å². The van der Waals surface area contributed by atoms with Gasteiger partial charge in [0.05, 0.1) is 16.3 Å². The summed E-state index contributed by atoms with van der Waals surface area (Å²) in [5.41, 5.74) is 10.7. The number of benzene rings is 3. The zero-order chi connectivity index (χ0) is 26.3. The number of hydrogen-bond acceptors (Lipinski definition) is 6. The molecular formula is C26H24N6O4S. The maximum atomic E-state index is 13.7. The van der Waals surface area contributed by atoms with E-state index in [2.05, 4.69) is 10.3 Å². The first-order chi connectivity index (χ1) is 17.7. The van der Waals surface area contributed by atoms with Crippen LogP contribution in [-0.4, -0.2) is 41.7 Å². The molecule has 0 spiro atoms. The van der Waals surface area contributed by atoms with E-state index in [1.54, 1.807) is 71.1 Å². The van der Waals surface area contributed by atoms with Crippen LogP contribution in [0.5, 0.6) is 0 Å². The van der Waals surface area contributed by atoms with Crippen LogP contribution in [0.15, 0.2) is 82.8 Å². The third kappa shape index (κ3) is 4.46. The summed E-state index contributed by atoms with van der Waals surface area (Å²) in [4.78, 5) is 15.4. The Morgan fingerprint density at radius 2 is 1.84 bits per heavy atom. The van der Waals surface area contributed by atoms with Crippen molar-refractivity contribution in [2.45, 2.75) is 18.2 Å². The number of aryl methyl sites for hydroxylation is 1. The lowest BCUT2D eigenvalue weighted by Gasteiger charge is -2.19. The molecule has 0 atom stereocenters. The molecule has 11 heteroatoms. The summed E-state index contributed by atoms with van der Waals surface area (Å²) in [6.07, 6.45) is 0.610. The van der Waals surface area contributed by atoms with Crippen LogP contribution in [0, 0.1) is 6.92 Å². The first kappa shape index (κ1) is 24.2. The molecule has 1 amide bonds. The predicted molar refractivity (Wildman–Crippen MR) is 139 cm³/mol. The highest BCUT2D eigenvalue weighted by Crippen LogP contribution is 2.35. The van der Waals surface area contributed by atoms with Crippen molar-refractivity contribution in [3.63, 3.8) is 0 Å². The van der Waals surface area contributed by atoms with Crippen LogP contribution >= 0.6 is 0 Å². The highest BCUT2D eigenvalue weighted by molar-refractivity contribution is 7.89. The van der Waals surface area contributed by atoms with E-state index in [0.29, 0.717) is 46.7 Å². The molecule has 4 aromatic rings. The fraction of sp³-hybridized carbons (Fsp3) is 0.115. The van der Waals surface area contributed by atoms with Crippen LogP contribution in [0.3, 0.4) is 0 Å². The number of sulfonamides is 1. The number of carbonyl (C=O) groups excluding carboxylic acids is 1. The van der Waals surface area contributed by atoms with Crippen molar-refractivity contribution in [1.82, 2.24) is 9.78 Å². The smallest absolute Gasteiger partial charge is 0.277 e. The number of oxime groups is 1. The first-order valence-corrected chi connectivity index (χ1v) is 12.9. The summed E-state index contributed by atoms with van der Waals surface area (Å²) in [6, 6.07) is 20.7. The Morgan fingerprint density at radius 3 is 2.59 bits per heavy atom. The molecule has 0 fully saturated rings. The van der Waals surface area contributed by atoms with E-state index < -0.39 is 10.0 Å². The van der Waals surface area contributed by atoms with Crippen LogP contribution < -0.4 is 15.8 Å². The van der Waals surface area contributed by atoms with Crippen molar-refractivity contribution in [2.24, 2.45) is 16.0 Å². The molecule has 10 nitrogen and oxygen atoms in total. The average molecular weight is 517 g/mol. The highest BCUT2D eigenvalue weighted by atomic mass is 32.2. The molecule has 0 radical (unpaired) electrons. The highest BCUT2D eigenvalue weighted by Gasteiger charge is 2.29. The van der Waals surface area contributed by atoms with Gasteiger partial charge in [-0.2, -0.15) is 5.10 Å². The van der Waals surface area contributed by atoms with Gasteiger partial charge in [0.25, 0.3) is 5.91 Å². The number of fused-ring (bicyclic) bond motifs is 1. The maximum absolute atomic E-state index is 13.7. The van der Waals surface area contributed by atoms with Crippen molar-refractivity contribution < 1.29 is 18.4 Å². The molecule has 3 aromatic carbocycles. The molecule has 1 aromatic heterocycles. The van der Waals surface area contributed by atoms with Gasteiger partial charge in [-0.25, -0.2) is 18.2 Å². The van der Waals surface area contributed by atoms with Gasteiger partial charge in [0, 0.05) is 23.4 Å². The van der Waals surface area contributed by atoms with Gasteiger partial charge in [-0.1, -0.05) is 41.6 Å². The van der Waals surface area contributed by atoms with Crippen LogP contribution in [0.1, 0.15) is 27.3 Å². The minimum atomic E-state index is -3.90. The second kappa shape index (κ2) is 9.19. The molecule has 0 saturated heterocycles. The number of aromatic nitrogens is 2. The summed E-state index contributed by atoms with van der Waals surface area (Å²) in [5.74, 6) is -0.280. The maximum Gasteiger partial charge on any atom is 0.277 e. The van der Waals surface area contributed by atoms with Crippen molar-refractivity contribution in [1.29, 1.82) is 0 Å². The Morgan fingerprint density at radius 1 is 1.05 bits per heavy atom. The fourth-order valence-electron chi connectivity index (χ4n) is 4.58. The van der Waals surface area contributed by atoms with Crippen molar-refractivity contribution >= 4 is 27.5 Å². The molecule has 5 N–H and O–H groups in total. The third-order valence-electron chi connectivity index (χ3n) is 6.27. The van der Waals surface area contributed by atoms with E-state index >= 15 is 0 Å². The van der Waals surface area contributed by atoms with E-state index in [4.69, 9.17) is 16.1 Å². The van der Waals surface area contributed by atoms with Crippen LogP contribution in [0.2, 0.25) is 0 Å². The Bertz CT molecular complexity index is 1680. The number of carbonyl (C=O) groups is 1. The second-order valence-electron chi connectivity index (χ2n) is 8.71. The molecule has 0 aliphatic carbocycles. The van der Waals surface area contributed by atoms with Crippen molar-refractivity contribution in [3.8, 4) is 16.8 Å². The normalized spacial score (nSPS) is 13.6. The fourth-order valence-corrected chi connectivity index (χ4v) is 5.34. The number of amides is 1. The standard InChI is InChI=1S/C26H24N6O4S/c1-16-13-23(32(29-16)20-6-4-5-19(15-20)25(27)30-34)26(33)31-12-11-18-14-17(9-10-22(18)31)21-7-2-3-8-24(21)37(28,35)36/h2-10,13-15,34H,11-12H2,1H3,(H2,27,30)(H2,28,35,36). The van der Waals surface area contributed by atoms with Crippen LogP contribution in [-0.2, 0) is 16.4 Å². The SMILES string of the molecule is Cc1cc(C(=O)N2CCc3cc(-c4ccccc4S(N)(=O)=O)ccc32)n(-c2cccc(/C(N)=N/O)c2)n1. The number of amidine groups is 1. The Kier molecular flexibility index (Phi) is 6.02. The zero-order valence-corrected chi connectivity index (χ0v) is 20.7. The summed E-state index contributed by atoms with van der Waals surface area (Å²) in [6.45, 7) is 2.26. The summed E-state index contributed by atoms with van der Waals surface area (Å²) < 4.78 is 25.7. The number of nitrogens with two attached hydrogens (primary N) is 2. The number of hydrogen-bond donors (Lipinski definition) is 3. The van der Waals surface area contributed by atoms with Gasteiger partial charge in [0.15, 0.2) is 5.84 Å². The van der Waals surface area contributed by atoms with E-state index in [9.17, 15) is 13.2 Å². The van der Waals surface area contributed by atoms with E-state index in [0.717, 1.165) is 11.3 Å². The van der Waals surface area contributed by atoms with Crippen molar-refractivity contribution in [3.05, 3.63) is 95.3 Å². The van der Waals surface area contributed by atoms with Gasteiger partial charge in [0.2, 0.25) is 10.0 Å². The summed E-state index contributed by atoms with van der Waals surface area (Å²) >= 11 is 0. The monoisotopic (exact) mass is 516 g/mol. The lowest BCUT2D eigenvalue weighted by molar-refractivity contribution is 0.0982. The number of nitrogens with zero attached hydrogens (tertiary/aromatic N) is 4. The quantitative estimate of drug-likeness (QED) is 0.160. The van der Waals surface area contributed by atoms with E-state index in [1.807, 2.05) is 12.1 Å². The minimum absolute atomic E-state index is 0.0492. The Hall–Kier alpha value is -4.48. The first-order valence-electron chi connectivity index (χ1n) is 11.4. The predicted octanol–water partition coefficient (Wildman–Crippen LogP) is 2.79. The van der Waals surface area contributed by atoms with Crippen LogP contribution in [0.25, 0.3) is 16.8 Å². The number of rotatable bonds is 5. The molecule has 188 valence electrons. The van der Waals surface area contributed by atoms with Gasteiger partial charge in [0.1, 0.15) is 5.69 Å². The molecule has 37 heavy (non-hydrogen) atoms. The van der Waals surface area contributed by atoms with Gasteiger partial charge in [-0.15, -0.1) is 0 Å². The summed E-state index contributed by atoms with van der Waals surface area (Å²) in [7, 11) is -3.90. The Balaban J connectivity index is 1.51. The lowest BCUT2D eigenvalue weighted by Crippen LogP contribution is -2.30. The van der Waals surface area contributed by atoms with Gasteiger partial charge >= 0.3 is 0 Å². The molecular weight excluding hydrogens is 492 g/mol. The molecule has 0 saturated carbocycles. The topological polar surface area (TPSA) is 157 Å². The van der Waals surface area contributed by atoms with Crippen molar-refractivity contribution in [2.75, 3.05) is 11.4 Å². The number of anilines is 1. The lowest BCUT2D eigenvalue weighted by atomic mass is 10.0. The zero-order valence-electron chi connectivity index (χ0n) is 19.9. The second-order valence-corrected chi connectivity index (χ2v) is 10.2. The summed E-state index contributed by atoms with van der Waals surface area (Å²) in [5, 5.41) is 22.0. The molecule has 5 rings (SSSR count). The van der Waals surface area contributed by atoms with E-state index in [1.165, 1.54) is 6.07 Å². The van der Waals surface area contributed by atoms with E-state index in [-0.39, 0.29) is 16.6 Å². The Labute approximate surface area is 213 Å². The molecule has 2 heterocycles. The average Bonchev–Trinajstić information content (AvgIpc) is 3.50. The van der Waals surface area contributed by atoms with Gasteiger partial charge < -0.3 is 15.8 Å².